The van der Waals surface area contributed by atoms with Crippen LogP contribution in [0.1, 0.15) is 16.4 Å². The molecule has 2 rings (SSSR count). The fourth-order valence-corrected chi connectivity index (χ4v) is 0.856. The van der Waals surface area contributed by atoms with Gasteiger partial charge < -0.3 is 10.2 Å². The van der Waals surface area contributed by atoms with E-state index in [1.165, 1.54) is 0 Å². The Morgan fingerprint density at radius 1 is 1.40 bits per heavy atom. The molecule has 0 saturated heterocycles. The zero-order valence-electron chi connectivity index (χ0n) is 7.59. The molecule has 0 atom stereocenters. The van der Waals surface area contributed by atoms with Crippen LogP contribution < -0.4 is 11.1 Å². The minimum atomic E-state index is -0.627. The van der Waals surface area contributed by atoms with Crippen molar-refractivity contribution in [3.63, 3.8) is 0 Å². The largest absolute Gasteiger partial charge is 0.408 e. The van der Waals surface area contributed by atoms with Gasteiger partial charge in [0.15, 0.2) is 0 Å². The van der Waals surface area contributed by atoms with Crippen molar-refractivity contribution in [1.82, 2.24) is 20.5 Å². The molecule has 9 heteroatoms. The summed E-state index contributed by atoms with van der Waals surface area (Å²) in [5.74, 6) is -0.405. The molecule has 1 amide bonds. The normalized spacial score (nSPS) is 10.2. The second-order valence-corrected chi connectivity index (χ2v) is 2.58. The van der Waals surface area contributed by atoms with Crippen LogP contribution in [-0.2, 0) is 0 Å². The van der Waals surface area contributed by atoms with E-state index in [1.807, 2.05) is 0 Å². The first-order chi connectivity index (χ1) is 7.16. The maximum absolute atomic E-state index is 11.4. The van der Waals surface area contributed by atoms with E-state index in [0.29, 0.717) is 5.89 Å². The molecular formula is C6H6N6O3. The zero-order valence-corrected chi connectivity index (χ0v) is 7.59. The number of nitrogen functional groups attached to an aromatic ring is 1. The van der Waals surface area contributed by atoms with E-state index in [1.54, 1.807) is 6.92 Å². The number of nitrogens with one attached hydrogen (secondary N) is 1. The van der Waals surface area contributed by atoms with Gasteiger partial charge in [0.2, 0.25) is 17.4 Å². The Hall–Kier alpha value is -2.45. The van der Waals surface area contributed by atoms with Crippen molar-refractivity contribution >= 4 is 17.7 Å². The number of amides is 1. The summed E-state index contributed by atoms with van der Waals surface area (Å²) >= 11 is 0. The maximum Gasteiger partial charge on any atom is 0.322 e. The number of hydrogen-bond acceptors (Lipinski definition) is 8. The van der Waals surface area contributed by atoms with Gasteiger partial charge in [-0.25, -0.2) is 4.63 Å². The molecule has 78 valence electrons. The molecule has 0 aliphatic carbocycles. The van der Waals surface area contributed by atoms with Gasteiger partial charge in [0.05, 0.1) is 0 Å². The van der Waals surface area contributed by atoms with Gasteiger partial charge in [-0.05, 0) is 10.3 Å². The lowest BCUT2D eigenvalue weighted by molar-refractivity contribution is 0.101. The highest BCUT2D eigenvalue weighted by molar-refractivity contribution is 6.04. The van der Waals surface area contributed by atoms with Gasteiger partial charge in [-0.15, -0.1) is 5.10 Å². The second-order valence-electron chi connectivity index (χ2n) is 2.58. The van der Waals surface area contributed by atoms with Crippen molar-refractivity contribution in [2.75, 3.05) is 11.1 Å². The van der Waals surface area contributed by atoms with Crippen molar-refractivity contribution in [1.29, 1.82) is 0 Å². The molecule has 15 heavy (non-hydrogen) atoms. The summed E-state index contributed by atoms with van der Waals surface area (Å²) in [6.45, 7) is 1.59. The van der Waals surface area contributed by atoms with Crippen LogP contribution in [0.15, 0.2) is 9.05 Å². The van der Waals surface area contributed by atoms with Crippen molar-refractivity contribution in [3.05, 3.63) is 11.6 Å². The van der Waals surface area contributed by atoms with E-state index in [-0.39, 0.29) is 17.5 Å². The van der Waals surface area contributed by atoms with Crippen molar-refractivity contribution in [3.8, 4) is 0 Å². The Bertz CT molecular complexity index is 489. The Morgan fingerprint density at radius 2 is 2.20 bits per heavy atom. The van der Waals surface area contributed by atoms with Gasteiger partial charge in [0, 0.05) is 6.92 Å². The summed E-state index contributed by atoms with van der Waals surface area (Å²) < 4.78 is 9.18. The third-order valence-electron chi connectivity index (χ3n) is 1.48. The van der Waals surface area contributed by atoms with Gasteiger partial charge >= 0.3 is 6.01 Å². The van der Waals surface area contributed by atoms with Gasteiger partial charge in [0.1, 0.15) is 0 Å². The smallest absolute Gasteiger partial charge is 0.322 e. The highest BCUT2D eigenvalue weighted by Gasteiger charge is 2.18. The van der Waals surface area contributed by atoms with Crippen molar-refractivity contribution < 1.29 is 13.8 Å². The lowest BCUT2D eigenvalue weighted by Gasteiger charge is -1.94. The van der Waals surface area contributed by atoms with Crippen LogP contribution in [-0.4, -0.2) is 26.4 Å². The number of aryl methyl sites for hydroxylation is 1. The fourth-order valence-electron chi connectivity index (χ4n) is 0.856. The van der Waals surface area contributed by atoms with E-state index in [4.69, 9.17) is 10.2 Å². The van der Waals surface area contributed by atoms with Crippen LogP contribution in [0.4, 0.5) is 11.8 Å². The minimum Gasteiger partial charge on any atom is -0.408 e. The second kappa shape index (κ2) is 3.36. The zero-order chi connectivity index (χ0) is 10.8. The molecule has 3 N–H and O–H groups in total. The van der Waals surface area contributed by atoms with E-state index in [0.717, 1.165) is 0 Å². The molecular weight excluding hydrogens is 204 g/mol. The number of nitrogens with two attached hydrogens (primary N) is 1. The standard InChI is InChI=1S/C6H6N6O3/c1-2-9-10-6(14-2)8-5(13)3-4(7)12-15-11-3/h1H3,(H2,7,12)(H,8,10,13). The summed E-state index contributed by atoms with van der Waals surface area (Å²) in [6.07, 6.45) is 0. The number of rotatable bonds is 2. The van der Waals surface area contributed by atoms with E-state index >= 15 is 0 Å². The maximum atomic E-state index is 11.4. The molecule has 0 bridgehead atoms. The SMILES string of the molecule is Cc1nnc(NC(=O)c2nonc2N)o1. The van der Waals surface area contributed by atoms with Crippen LogP contribution in [0.25, 0.3) is 0 Å². The first-order valence-corrected chi connectivity index (χ1v) is 3.86. The van der Waals surface area contributed by atoms with Crippen LogP contribution in [0.2, 0.25) is 0 Å². The summed E-state index contributed by atoms with van der Waals surface area (Å²) in [4.78, 5) is 11.4. The van der Waals surface area contributed by atoms with Gasteiger partial charge in [-0.2, -0.15) is 0 Å². The summed E-state index contributed by atoms with van der Waals surface area (Å²) in [5, 5.41) is 15.9. The first-order valence-electron chi connectivity index (χ1n) is 3.86. The van der Waals surface area contributed by atoms with Crippen molar-refractivity contribution in [2.45, 2.75) is 6.92 Å². The quantitative estimate of drug-likeness (QED) is 0.683. The summed E-state index contributed by atoms with van der Waals surface area (Å²) in [5.41, 5.74) is 5.17. The molecule has 0 radical (unpaired) electrons. The Labute approximate surface area is 82.6 Å². The number of nitrogens with zero attached hydrogens (tertiary/aromatic N) is 4. The number of aromatic nitrogens is 4. The summed E-state index contributed by atoms with van der Waals surface area (Å²) in [7, 11) is 0. The predicted octanol–water partition coefficient (Wildman–Crippen LogP) is -0.404. The number of anilines is 2. The van der Waals surface area contributed by atoms with E-state index in [2.05, 4.69) is 30.5 Å². The topological polar surface area (TPSA) is 133 Å². The third-order valence-corrected chi connectivity index (χ3v) is 1.48. The average Bonchev–Trinajstić information content (AvgIpc) is 2.75. The monoisotopic (exact) mass is 210 g/mol. The highest BCUT2D eigenvalue weighted by Crippen LogP contribution is 2.09. The average molecular weight is 210 g/mol. The van der Waals surface area contributed by atoms with E-state index in [9.17, 15) is 4.79 Å². The molecule has 0 unspecified atom stereocenters. The Morgan fingerprint density at radius 3 is 2.73 bits per heavy atom. The molecule has 2 aromatic heterocycles. The molecule has 0 fully saturated rings. The lowest BCUT2D eigenvalue weighted by Crippen LogP contribution is -2.14. The molecule has 0 spiro atoms. The third kappa shape index (κ3) is 1.75. The van der Waals surface area contributed by atoms with Crippen LogP contribution >= 0.6 is 0 Å². The van der Waals surface area contributed by atoms with Gasteiger partial charge in [-0.1, -0.05) is 5.10 Å². The predicted molar refractivity (Wildman–Crippen MR) is 45.7 cm³/mol. The molecule has 2 aromatic rings. The van der Waals surface area contributed by atoms with Gasteiger partial charge in [-0.3, -0.25) is 10.1 Å². The first kappa shape index (κ1) is 9.12. The molecule has 0 saturated carbocycles. The Kier molecular flexibility index (Phi) is 2.04. The number of hydrogen-bond donors (Lipinski definition) is 2. The molecule has 0 aliphatic heterocycles. The number of carbonyl (C=O) groups excluding carboxylic acids is 1. The number of carbonyl (C=O) groups is 1. The van der Waals surface area contributed by atoms with Crippen molar-refractivity contribution in [2.24, 2.45) is 0 Å². The van der Waals surface area contributed by atoms with Crippen LogP contribution in [0.5, 0.6) is 0 Å². The highest BCUT2D eigenvalue weighted by atomic mass is 16.6. The Balaban J connectivity index is 2.14. The van der Waals surface area contributed by atoms with E-state index < -0.39 is 5.91 Å². The molecule has 9 nitrogen and oxygen atoms in total. The van der Waals surface area contributed by atoms with Crippen LogP contribution in [0.3, 0.4) is 0 Å². The summed E-state index contributed by atoms with van der Waals surface area (Å²) in [6, 6.07) is -0.0418. The van der Waals surface area contributed by atoms with Gasteiger partial charge in [0.25, 0.3) is 5.91 Å². The minimum absolute atomic E-state index is 0.0418. The van der Waals surface area contributed by atoms with Crippen LogP contribution in [0, 0.1) is 6.92 Å². The fraction of sp³-hybridized carbons (Fsp3) is 0.167. The lowest BCUT2D eigenvalue weighted by atomic mass is 10.4. The molecule has 0 aromatic carbocycles. The molecule has 2 heterocycles. The molecule has 0 aliphatic rings.